The van der Waals surface area contributed by atoms with E-state index in [9.17, 15) is 9.59 Å². The van der Waals surface area contributed by atoms with Crippen LogP contribution in [0, 0.1) is 5.92 Å². The Morgan fingerprint density at radius 1 is 1.19 bits per heavy atom. The van der Waals surface area contributed by atoms with Crippen molar-refractivity contribution in [1.29, 1.82) is 0 Å². The zero-order chi connectivity index (χ0) is 17.9. The summed E-state index contributed by atoms with van der Waals surface area (Å²) in [5.74, 6) is -0.387. The van der Waals surface area contributed by atoms with Gasteiger partial charge in [0.25, 0.3) is 0 Å². The molecule has 26 heavy (non-hydrogen) atoms. The fourth-order valence-electron chi connectivity index (χ4n) is 3.43. The number of carbonyl (C=O) groups is 2. The Labute approximate surface area is 151 Å². The van der Waals surface area contributed by atoms with Gasteiger partial charge in [-0.3, -0.25) is 9.59 Å². The van der Waals surface area contributed by atoms with Crippen LogP contribution in [0.4, 0.5) is 5.69 Å². The molecule has 0 radical (unpaired) electrons. The largest absolute Gasteiger partial charge is 0.354 e. The molecule has 6 heteroatoms. The van der Waals surface area contributed by atoms with Crippen molar-refractivity contribution >= 4 is 28.3 Å². The lowest BCUT2D eigenvalue weighted by atomic mass is 10.1. The third-order valence-corrected chi connectivity index (χ3v) is 4.78. The predicted octanol–water partition coefficient (Wildman–Crippen LogP) is 2.21. The van der Waals surface area contributed by atoms with Crippen LogP contribution in [0.3, 0.4) is 0 Å². The number of rotatable bonds is 5. The van der Waals surface area contributed by atoms with Crippen LogP contribution in [0.1, 0.15) is 6.42 Å². The van der Waals surface area contributed by atoms with Gasteiger partial charge in [0, 0.05) is 43.8 Å². The first-order valence-corrected chi connectivity index (χ1v) is 8.74. The van der Waals surface area contributed by atoms with Gasteiger partial charge in [0.2, 0.25) is 11.8 Å². The fourth-order valence-corrected chi connectivity index (χ4v) is 3.43. The molecule has 2 amide bonds. The van der Waals surface area contributed by atoms with Gasteiger partial charge in [0.15, 0.2) is 0 Å². The van der Waals surface area contributed by atoms with Crippen LogP contribution in [-0.2, 0) is 16.1 Å². The number of amides is 2. The maximum absolute atomic E-state index is 12.5. The number of hydrogen-bond donors (Lipinski definition) is 1. The monoisotopic (exact) mass is 348 g/mol. The van der Waals surface area contributed by atoms with Crippen molar-refractivity contribution in [2.24, 2.45) is 5.92 Å². The van der Waals surface area contributed by atoms with E-state index in [2.05, 4.69) is 10.3 Å². The number of fused-ring (bicyclic) bond motifs is 1. The van der Waals surface area contributed by atoms with Crippen molar-refractivity contribution in [3.63, 3.8) is 0 Å². The van der Waals surface area contributed by atoms with Gasteiger partial charge >= 0.3 is 0 Å². The minimum Gasteiger partial charge on any atom is -0.354 e. The van der Waals surface area contributed by atoms with Crippen molar-refractivity contribution in [1.82, 2.24) is 14.9 Å². The number of anilines is 1. The molecule has 1 atom stereocenters. The van der Waals surface area contributed by atoms with Crippen LogP contribution in [0.2, 0.25) is 0 Å². The Kier molecular flexibility index (Phi) is 4.39. The Morgan fingerprint density at radius 2 is 2.04 bits per heavy atom. The molecule has 1 saturated heterocycles. The van der Waals surface area contributed by atoms with E-state index in [1.165, 1.54) is 0 Å². The molecule has 1 aliphatic heterocycles. The van der Waals surface area contributed by atoms with Crippen molar-refractivity contribution < 1.29 is 9.59 Å². The number of carbonyl (C=O) groups excluding carboxylic acids is 2. The van der Waals surface area contributed by atoms with Gasteiger partial charge in [-0.05, 0) is 11.5 Å². The summed E-state index contributed by atoms with van der Waals surface area (Å²) in [6.45, 7) is 1.61. The standard InChI is InChI=1S/C20H20N4O2/c25-19-12-16(20(26)22-9-11-23-10-8-21-14-23)13-24(19)18-7-3-5-15-4-1-2-6-17(15)18/h1-8,10,14,16H,9,11-13H2,(H,22,26)/t16-/m1/s1. The predicted molar refractivity (Wildman–Crippen MR) is 99.6 cm³/mol. The highest BCUT2D eigenvalue weighted by Gasteiger charge is 2.35. The number of benzene rings is 2. The van der Waals surface area contributed by atoms with Crippen LogP contribution in [0.15, 0.2) is 61.2 Å². The highest BCUT2D eigenvalue weighted by atomic mass is 16.2. The van der Waals surface area contributed by atoms with Gasteiger partial charge in [0.1, 0.15) is 0 Å². The van der Waals surface area contributed by atoms with Gasteiger partial charge in [0.05, 0.1) is 17.9 Å². The minimum atomic E-state index is -0.316. The van der Waals surface area contributed by atoms with Crippen molar-refractivity contribution in [2.45, 2.75) is 13.0 Å². The van der Waals surface area contributed by atoms with Gasteiger partial charge in [-0.2, -0.15) is 0 Å². The first-order valence-electron chi connectivity index (χ1n) is 8.74. The highest BCUT2D eigenvalue weighted by molar-refractivity contribution is 6.06. The van der Waals surface area contributed by atoms with Gasteiger partial charge in [-0.1, -0.05) is 36.4 Å². The van der Waals surface area contributed by atoms with Crippen LogP contribution in [0.5, 0.6) is 0 Å². The molecule has 1 aromatic heterocycles. The maximum atomic E-state index is 12.5. The first-order chi connectivity index (χ1) is 12.7. The molecule has 1 aliphatic rings. The summed E-state index contributed by atoms with van der Waals surface area (Å²) < 4.78 is 1.91. The Morgan fingerprint density at radius 3 is 2.88 bits per heavy atom. The summed E-state index contributed by atoms with van der Waals surface area (Å²) in [7, 11) is 0. The van der Waals surface area contributed by atoms with E-state index in [4.69, 9.17) is 0 Å². The number of hydrogen-bond acceptors (Lipinski definition) is 3. The average molecular weight is 348 g/mol. The Balaban J connectivity index is 1.44. The molecular weight excluding hydrogens is 328 g/mol. The van der Waals surface area contributed by atoms with E-state index >= 15 is 0 Å². The summed E-state index contributed by atoms with van der Waals surface area (Å²) in [5, 5.41) is 5.05. The molecule has 0 saturated carbocycles. The SMILES string of the molecule is O=C(NCCn1ccnc1)[C@@H]1CC(=O)N(c2cccc3ccccc23)C1. The molecule has 0 unspecified atom stereocenters. The molecule has 4 rings (SSSR count). The summed E-state index contributed by atoms with van der Waals surface area (Å²) in [6.07, 6.45) is 5.53. The summed E-state index contributed by atoms with van der Waals surface area (Å²) in [4.78, 5) is 30.7. The molecule has 1 fully saturated rings. The van der Waals surface area contributed by atoms with Crippen molar-refractivity contribution in [2.75, 3.05) is 18.0 Å². The van der Waals surface area contributed by atoms with Crippen molar-refractivity contribution in [3.05, 3.63) is 61.2 Å². The Bertz CT molecular complexity index is 931. The molecule has 1 N–H and O–H groups in total. The highest BCUT2D eigenvalue weighted by Crippen LogP contribution is 2.31. The minimum absolute atomic E-state index is 0.00360. The molecule has 2 heterocycles. The van der Waals surface area contributed by atoms with Crippen LogP contribution in [0.25, 0.3) is 10.8 Å². The second kappa shape index (κ2) is 7.00. The maximum Gasteiger partial charge on any atom is 0.227 e. The van der Waals surface area contributed by atoms with E-state index in [0.717, 1.165) is 16.5 Å². The summed E-state index contributed by atoms with van der Waals surface area (Å²) >= 11 is 0. The lowest BCUT2D eigenvalue weighted by Gasteiger charge is -2.19. The van der Waals surface area contributed by atoms with Crippen LogP contribution < -0.4 is 10.2 Å². The lowest BCUT2D eigenvalue weighted by molar-refractivity contribution is -0.126. The number of nitrogens with one attached hydrogen (secondary N) is 1. The van der Waals surface area contributed by atoms with E-state index in [0.29, 0.717) is 19.6 Å². The van der Waals surface area contributed by atoms with Crippen molar-refractivity contribution in [3.8, 4) is 0 Å². The van der Waals surface area contributed by atoms with Crippen LogP contribution in [-0.4, -0.2) is 34.5 Å². The third-order valence-electron chi connectivity index (χ3n) is 4.78. The third kappa shape index (κ3) is 3.18. The quantitative estimate of drug-likeness (QED) is 0.769. The topological polar surface area (TPSA) is 67.2 Å². The number of aromatic nitrogens is 2. The van der Waals surface area contributed by atoms with E-state index in [1.807, 2.05) is 53.2 Å². The molecule has 132 valence electrons. The average Bonchev–Trinajstić information content (AvgIpc) is 3.31. The normalized spacial score (nSPS) is 17.0. The van der Waals surface area contributed by atoms with Gasteiger partial charge in [-0.15, -0.1) is 0 Å². The first kappa shape index (κ1) is 16.3. The summed E-state index contributed by atoms with van der Waals surface area (Å²) in [6, 6.07) is 13.9. The Hall–Kier alpha value is -3.15. The van der Waals surface area contributed by atoms with Crippen LogP contribution >= 0.6 is 0 Å². The molecule has 0 bridgehead atoms. The molecular formula is C20H20N4O2. The molecule has 3 aromatic rings. The number of imidazole rings is 1. The molecule has 6 nitrogen and oxygen atoms in total. The van der Waals surface area contributed by atoms with E-state index in [-0.39, 0.29) is 24.2 Å². The van der Waals surface area contributed by atoms with E-state index in [1.54, 1.807) is 17.4 Å². The lowest BCUT2D eigenvalue weighted by Crippen LogP contribution is -2.34. The zero-order valence-corrected chi connectivity index (χ0v) is 14.3. The molecule has 0 aliphatic carbocycles. The van der Waals surface area contributed by atoms with Gasteiger partial charge in [-0.25, -0.2) is 4.98 Å². The van der Waals surface area contributed by atoms with Gasteiger partial charge < -0.3 is 14.8 Å². The zero-order valence-electron chi connectivity index (χ0n) is 14.3. The molecule has 0 spiro atoms. The fraction of sp³-hybridized carbons (Fsp3) is 0.250. The smallest absolute Gasteiger partial charge is 0.227 e. The number of nitrogens with zero attached hydrogens (tertiary/aromatic N) is 3. The second-order valence-corrected chi connectivity index (χ2v) is 6.50. The second-order valence-electron chi connectivity index (χ2n) is 6.50. The van der Waals surface area contributed by atoms with E-state index < -0.39 is 0 Å². The summed E-state index contributed by atoms with van der Waals surface area (Å²) in [5.41, 5.74) is 0.877. The molecule has 2 aromatic carbocycles.